The summed E-state index contributed by atoms with van der Waals surface area (Å²) in [5.41, 5.74) is 2.10. The van der Waals surface area contributed by atoms with Gasteiger partial charge in [0.1, 0.15) is 11.5 Å². The van der Waals surface area contributed by atoms with E-state index in [2.05, 4.69) is 5.10 Å². The molecule has 1 fully saturated rings. The van der Waals surface area contributed by atoms with Gasteiger partial charge in [-0.15, -0.1) is 11.3 Å². The van der Waals surface area contributed by atoms with Crippen molar-refractivity contribution in [2.45, 2.75) is 38.1 Å². The summed E-state index contributed by atoms with van der Waals surface area (Å²) < 4.78 is 18.3. The van der Waals surface area contributed by atoms with Crippen molar-refractivity contribution < 1.29 is 24.4 Å². The van der Waals surface area contributed by atoms with Gasteiger partial charge in [-0.2, -0.15) is 5.10 Å². The largest absolute Gasteiger partial charge is 0.508 e. The molecule has 0 unspecified atom stereocenters. The second kappa shape index (κ2) is 10.6. The minimum Gasteiger partial charge on any atom is -0.508 e. The van der Waals surface area contributed by atoms with E-state index in [9.17, 15) is 10.2 Å². The van der Waals surface area contributed by atoms with Crippen LogP contribution in [0, 0.1) is 0 Å². The Balaban J connectivity index is 1.85. The Hall–Kier alpha value is -3.46. The predicted molar refractivity (Wildman–Crippen MR) is 133 cm³/mol. The highest BCUT2D eigenvalue weighted by Gasteiger charge is 2.18. The van der Waals surface area contributed by atoms with Crippen LogP contribution in [0.25, 0.3) is 11.3 Å². The lowest BCUT2D eigenvalue weighted by molar-refractivity contribution is 0.324. The molecule has 0 aliphatic heterocycles. The zero-order chi connectivity index (χ0) is 24.1. The van der Waals surface area contributed by atoms with E-state index in [4.69, 9.17) is 19.2 Å². The molecule has 0 atom stereocenters. The number of phenolic OH excluding ortho intramolecular Hbond substituents is 2. The second-order valence-electron chi connectivity index (χ2n) is 8.04. The molecule has 1 saturated carbocycles. The molecule has 1 aromatic heterocycles. The van der Waals surface area contributed by atoms with Gasteiger partial charge < -0.3 is 24.4 Å². The van der Waals surface area contributed by atoms with E-state index in [1.54, 1.807) is 38.3 Å². The molecule has 1 aliphatic carbocycles. The number of methoxy groups -OCH3 is 3. The van der Waals surface area contributed by atoms with Crippen LogP contribution in [0.2, 0.25) is 0 Å². The quantitative estimate of drug-likeness (QED) is 0.472. The molecule has 34 heavy (non-hydrogen) atoms. The summed E-state index contributed by atoms with van der Waals surface area (Å²) in [6.45, 7) is 0. The number of nitrogens with zero attached hydrogens (tertiary/aromatic N) is 3. The average molecular weight is 484 g/mol. The molecule has 2 aromatic carbocycles. The fraction of sp³-hybridized carbons (Fsp3) is 0.360. The maximum atomic E-state index is 10.2. The van der Waals surface area contributed by atoms with E-state index in [1.165, 1.54) is 42.7 Å². The van der Waals surface area contributed by atoms with Crippen molar-refractivity contribution in [2.75, 3.05) is 21.3 Å². The third kappa shape index (κ3) is 5.04. The van der Waals surface area contributed by atoms with Crippen LogP contribution < -0.4 is 19.0 Å². The first-order valence-corrected chi connectivity index (χ1v) is 12.0. The van der Waals surface area contributed by atoms with Gasteiger partial charge in [0, 0.05) is 22.6 Å². The van der Waals surface area contributed by atoms with Gasteiger partial charge in [-0.1, -0.05) is 19.3 Å². The zero-order valence-electron chi connectivity index (χ0n) is 19.5. The maximum Gasteiger partial charge on any atom is 0.206 e. The zero-order valence-corrected chi connectivity index (χ0v) is 20.3. The Morgan fingerprint density at radius 2 is 1.68 bits per heavy atom. The Bertz CT molecular complexity index is 1220. The van der Waals surface area contributed by atoms with E-state index in [1.807, 2.05) is 17.5 Å². The molecule has 180 valence electrons. The third-order valence-electron chi connectivity index (χ3n) is 5.84. The monoisotopic (exact) mass is 483 g/mol. The molecule has 2 N–H and O–H groups in total. The van der Waals surface area contributed by atoms with E-state index >= 15 is 0 Å². The van der Waals surface area contributed by atoms with Gasteiger partial charge >= 0.3 is 0 Å². The summed E-state index contributed by atoms with van der Waals surface area (Å²) in [6.07, 6.45) is 7.32. The summed E-state index contributed by atoms with van der Waals surface area (Å²) in [5.74, 6) is 1.53. The van der Waals surface area contributed by atoms with Gasteiger partial charge in [-0.3, -0.25) is 4.99 Å². The minimum atomic E-state index is -0.0558. The molecule has 0 radical (unpaired) electrons. The van der Waals surface area contributed by atoms with Crippen LogP contribution >= 0.6 is 11.3 Å². The highest BCUT2D eigenvalue weighted by Crippen LogP contribution is 2.41. The number of hydrogen-bond acceptors (Lipinski definition) is 8. The van der Waals surface area contributed by atoms with Crippen LogP contribution in [-0.4, -0.2) is 48.5 Å². The molecular formula is C25H29N3O5S. The highest BCUT2D eigenvalue weighted by molar-refractivity contribution is 7.07. The smallest absolute Gasteiger partial charge is 0.206 e. The lowest BCUT2D eigenvalue weighted by atomic mass is 9.96. The van der Waals surface area contributed by atoms with Crippen LogP contribution in [0.5, 0.6) is 28.7 Å². The lowest BCUT2D eigenvalue weighted by Crippen LogP contribution is -2.19. The average Bonchev–Trinajstić information content (AvgIpc) is 3.25. The molecule has 0 saturated heterocycles. The maximum absolute atomic E-state index is 10.2. The van der Waals surface area contributed by atoms with Crippen LogP contribution in [0.4, 0.5) is 0 Å². The Morgan fingerprint density at radius 1 is 0.971 bits per heavy atom. The summed E-state index contributed by atoms with van der Waals surface area (Å²) in [6, 6.07) is 8.41. The van der Waals surface area contributed by atoms with Crippen LogP contribution in [0.15, 0.2) is 45.8 Å². The van der Waals surface area contributed by atoms with E-state index in [0.29, 0.717) is 22.8 Å². The van der Waals surface area contributed by atoms with Gasteiger partial charge in [0.15, 0.2) is 11.5 Å². The number of benzene rings is 2. The SMILES string of the molecule is COc1cc(-c2csc(=NC3CCCCC3)n2N=Cc2ccc(O)cc2O)cc(OC)c1OC. The number of aromatic nitrogens is 1. The van der Waals surface area contributed by atoms with Crippen molar-refractivity contribution in [3.05, 3.63) is 46.1 Å². The lowest BCUT2D eigenvalue weighted by Gasteiger charge is -2.17. The fourth-order valence-corrected chi connectivity index (χ4v) is 4.96. The van der Waals surface area contributed by atoms with Gasteiger partial charge in [-0.25, -0.2) is 4.68 Å². The Morgan fingerprint density at radius 3 is 2.29 bits per heavy atom. The van der Waals surface area contributed by atoms with Crippen molar-refractivity contribution in [2.24, 2.45) is 10.1 Å². The van der Waals surface area contributed by atoms with Crippen molar-refractivity contribution in [3.63, 3.8) is 0 Å². The first-order chi connectivity index (χ1) is 16.5. The molecule has 1 heterocycles. The van der Waals surface area contributed by atoms with Gasteiger partial charge in [0.2, 0.25) is 10.6 Å². The molecule has 8 nitrogen and oxygen atoms in total. The van der Waals surface area contributed by atoms with Gasteiger partial charge in [0.25, 0.3) is 0 Å². The fourth-order valence-electron chi connectivity index (χ4n) is 4.05. The van der Waals surface area contributed by atoms with E-state index in [0.717, 1.165) is 28.9 Å². The first kappa shape index (κ1) is 23.7. The summed E-state index contributed by atoms with van der Waals surface area (Å²) in [5, 5.41) is 26.5. The Labute approximate surface area is 202 Å². The predicted octanol–water partition coefficient (Wildman–Crippen LogP) is 4.77. The van der Waals surface area contributed by atoms with Crippen LogP contribution in [0.3, 0.4) is 0 Å². The van der Waals surface area contributed by atoms with Gasteiger partial charge in [-0.05, 0) is 37.1 Å². The molecule has 0 amide bonds. The van der Waals surface area contributed by atoms with Gasteiger partial charge in [0.05, 0.1) is 39.3 Å². The standard InChI is InChI=1S/C25H29N3O5S/c1-31-22-11-17(12-23(32-2)24(22)33-3)20-15-34-25(27-18-7-5-4-6-8-18)28(20)26-14-16-9-10-19(29)13-21(16)30/h9-15,18,29-30H,4-8H2,1-3H3. The topological polar surface area (TPSA) is 97.8 Å². The highest BCUT2D eigenvalue weighted by atomic mass is 32.1. The molecule has 3 aromatic rings. The normalized spacial score (nSPS) is 15.1. The minimum absolute atomic E-state index is 0.0102. The first-order valence-electron chi connectivity index (χ1n) is 11.1. The number of phenols is 2. The van der Waals surface area contributed by atoms with E-state index < -0.39 is 0 Å². The number of hydrogen-bond donors (Lipinski definition) is 2. The molecule has 0 bridgehead atoms. The molecule has 1 aliphatic rings. The molecule has 9 heteroatoms. The van der Waals surface area contributed by atoms with Crippen molar-refractivity contribution in [1.82, 2.24) is 4.68 Å². The summed E-state index contributed by atoms with van der Waals surface area (Å²) >= 11 is 1.51. The summed E-state index contributed by atoms with van der Waals surface area (Å²) in [4.78, 5) is 5.78. The van der Waals surface area contributed by atoms with E-state index in [-0.39, 0.29) is 17.5 Å². The molecule has 0 spiro atoms. The van der Waals surface area contributed by atoms with Crippen LogP contribution in [0.1, 0.15) is 37.7 Å². The summed E-state index contributed by atoms with van der Waals surface area (Å²) in [7, 11) is 4.73. The van der Waals surface area contributed by atoms with Crippen LogP contribution in [-0.2, 0) is 0 Å². The second-order valence-corrected chi connectivity index (χ2v) is 8.87. The third-order valence-corrected chi connectivity index (χ3v) is 6.67. The van der Waals surface area contributed by atoms with Crippen molar-refractivity contribution in [1.29, 1.82) is 0 Å². The number of thiazole rings is 1. The number of aromatic hydroxyl groups is 2. The number of rotatable bonds is 7. The van der Waals surface area contributed by atoms with Crippen molar-refractivity contribution >= 4 is 17.6 Å². The Kier molecular flexibility index (Phi) is 7.42. The molecular weight excluding hydrogens is 454 g/mol. The van der Waals surface area contributed by atoms with Crippen molar-refractivity contribution in [3.8, 4) is 40.0 Å². The molecule has 4 rings (SSSR count). The number of ether oxygens (including phenoxy) is 3.